The highest BCUT2D eigenvalue weighted by Gasteiger charge is 2.09. The molecule has 0 spiro atoms. The molecule has 3 aromatic rings. The molecule has 2 aromatic carbocycles. The molecule has 0 saturated heterocycles. The van der Waals surface area contributed by atoms with E-state index >= 15 is 0 Å². The summed E-state index contributed by atoms with van der Waals surface area (Å²) >= 11 is 5.33. The van der Waals surface area contributed by atoms with Crippen molar-refractivity contribution >= 4 is 38.6 Å². The molecule has 0 radical (unpaired) electrons. The number of rotatable bonds is 4. The number of benzene rings is 2. The van der Waals surface area contributed by atoms with Crippen molar-refractivity contribution in [3.8, 4) is 0 Å². The zero-order valence-corrected chi connectivity index (χ0v) is 14.4. The minimum Gasteiger partial charge on any atom is -0.360 e. The van der Waals surface area contributed by atoms with Gasteiger partial charge in [-0.1, -0.05) is 51.5 Å². The molecule has 0 aliphatic carbocycles. The van der Waals surface area contributed by atoms with Crippen LogP contribution in [0.25, 0.3) is 10.9 Å². The number of H-pyrrole nitrogens is 1. The van der Waals surface area contributed by atoms with Crippen LogP contribution in [0.15, 0.2) is 56.9 Å². The fourth-order valence-electron chi connectivity index (χ4n) is 2.41. The van der Waals surface area contributed by atoms with Gasteiger partial charge < -0.3 is 10.3 Å². The van der Waals surface area contributed by atoms with Crippen LogP contribution < -0.4 is 5.32 Å². The van der Waals surface area contributed by atoms with E-state index in [0.717, 1.165) is 16.5 Å². The van der Waals surface area contributed by atoms with Gasteiger partial charge in [0.25, 0.3) is 0 Å². The Morgan fingerprint density at radius 1 is 1.14 bits per heavy atom. The van der Waals surface area contributed by atoms with Gasteiger partial charge in [-0.15, -0.1) is 0 Å². The average Bonchev–Trinajstić information content (AvgIpc) is 2.84. The SMILES string of the molecule is CNCc1cc(C)ccc1Sc1c[nH]c2cc(Br)ccc12. The van der Waals surface area contributed by atoms with Crippen LogP contribution in [0, 0.1) is 6.92 Å². The molecule has 21 heavy (non-hydrogen) atoms. The molecular weight excluding hydrogens is 344 g/mol. The molecule has 0 amide bonds. The van der Waals surface area contributed by atoms with Gasteiger partial charge in [0.05, 0.1) is 0 Å². The molecule has 0 unspecified atom stereocenters. The van der Waals surface area contributed by atoms with Crippen LogP contribution in [-0.4, -0.2) is 12.0 Å². The highest BCUT2D eigenvalue weighted by atomic mass is 79.9. The van der Waals surface area contributed by atoms with Gasteiger partial charge in [-0.25, -0.2) is 0 Å². The van der Waals surface area contributed by atoms with Gasteiger partial charge in [-0.3, -0.25) is 0 Å². The van der Waals surface area contributed by atoms with E-state index in [9.17, 15) is 0 Å². The minimum absolute atomic E-state index is 0.887. The third-order valence-corrected chi connectivity index (χ3v) is 5.08. The van der Waals surface area contributed by atoms with Crippen LogP contribution in [0.3, 0.4) is 0 Å². The second kappa shape index (κ2) is 6.26. The van der Waals surface area contributed by atoms with Crippen molar-refractivity contribution < 1.29 is 0 Å². The number of halogens is 1. The molecule has 0 aliphatic rings. The highest BCUT2D eigenvalue weighted by Crippen LogP contribution is 2.36. The number of hydrogen-bond acceptors (Lipinski definition) is 2. The zero-order chi connectivity index (χ0) is 14.8. The summed E-state index contributed by atoms with van der Waals surface area (Å²) in [7, 11) is 1.99. The van der Waals surface area contributed by atoms with Crippen molar-refractivity contribution in [1.29, 1.82) is 0 Å². The maximum Gasteiger partial charge on any atom is 0.0477 e. The van der Waals surface area contributed by atoms with Gasteiger partial charge in [0.2, 0.25) is 0 Å². The molecule has 2 nitrogen and oxygen atoms in total. The van der Waals surface area contributed by atoms with E-state index in [1.807, 2.05) is 18.8 Å². The second-order valence-corrected chi connectivity index (χ2v) is 7.09. The molecular formula is C17H17BrN2S. The quantitative estimate of drug-likeness (QED) is 0.676. The molecule has 1 aromatic heterocycles. The summed E-state index contributed by atoms with van der Waals surface area (Å²) in [5.41, 5.74) is 3.80. The number of nitrogens with one attached hydrogen (secondary N) is 2. The summed E-state index contributed by atoms with van der Waals surface area (Å²) in [5, 5.41) is 4.51. The van der Waals surface area contributed by atoms with Crippen molar-refractivity contribution in [1.82, 2.24) is 10.3 Å². The van der Waals surface area contributed by atoms with E-state index in [0.29, 0.717) is 0 Å². The monoisotopic (exact) mass is 360 g/mol. The summed E-state index contributed by atoms with van der Waals surface area (Å²) in [6, 6.07) is 13.0. The second-order valence-electron chi connectivity index (χ2n) is 5.09. The number of aromatic nitrogens is 1. The summed E-state index contributed by atoms with van der Waals surface area (Å²) in [5.74, 6) is 0. The number of fused-ring (bicyclic) bond motifs is 1. The fraction of sp³-hybridized carbons (Fsp3) is 0.176. The Hall–Kier alpha value is -1.23. The molecule has 3 rings (SSSR count). The molecule has 0 saturated carbocycles. The first-order valence-corrected chi connectivity index (χ1v) is 8.47. The third kappa shape index (κ3) is 3.18. The Morgan fingerprint density at radius 3 is 2.81 bits per heavy atom. The largest absolute Gasteiger partial charge is 0.360 e. The normalized spacial score (nSPS) is 11.2. The van der Waals surface area contributed by atoms with E-state index in [4.69, 9.17) is 0 Å². The van der Waals surface area contributed by atoms with Crippen molar-refractivity contribution in [3.63, 3.8) is 0 Å². The minimum atomic E-state index is 0.887. The van der Waals surface area contributed by atoms with E-state index in [1.165, 1.54) is 26.3 Å². The van der Waals surface area contributed by atoms with Gasteiger partial charge in [0, 0.05) is 37.9 Å². The van der Waals surface area contributed by atoms with Crippen LogP contribution >= 0.6 is 27.7 Å². The van der Waals surface area contributed by atoms with Crippen LogP contribution in [-0.2, 0) is 6.54 Å². The Bertz CT molecular complexity index is 780. The van der Waals surface area contributed by atoms with Crippen LogP contribution in [0.5, 0.6) is 0 Å². The average molecular weight is 361 g/mol. The lowest BCUT2D eigenvalue weighted by Crippen LogP contribution is -2.06. The van der Waals surface area contributed by atoms with Crippen molar-refractivity contribution in [3.05, 3.63) is 58.2 Å². The topological polar surface area (TPSA) is 27.8 Å². The first kappa shape index (κ1) is 14.7. The molecule has 0 atom stereocenters. The maximum atomic E-state index is 3.51. The van der Waals surface area contributed by atoms with Gasteiger partial charge in [-0.2, -0.15) is 0 Å². The van der Waals surface area contributed by atoms with E-state index in [1.54, 1.807) is 0 Å². The van der Waals surface area contributed by atoms with Gasteiger partial charge >= 0.3 is 0 Å². The third-order valence-electron chi connectivity index (χ3n) is 3.41. The lowest BCUT2D eigenvalue weighted by Gasteiger charge is -2.09. The van der Waals surface area contributed by atoms with E-state index in [2.05, 4.69) is 75.7 Å². The molecule has 0 fully saturated rings. The van der Waals surface area contributed by atoms with Gasteiger partial charge in [0.15, 0.2) is 0 Å². The maximum absolute atomic E-state index is 3.51. The molecule has 0 aliphatic heterocycles. The molecule has 0 bridgehead atoms. The summed E-state index contributed by atoms with van der Waals surface area (Å²) < 4.78 is 1.10. The number of hydrogen-bond donors (Lipinski definition) is 2. The highest BCUT2D eigenvalue weighted by molar-refractivity contribution is 9.10. The summed E-state index contributed by atoms with van der Waals surface area (Å²) in [4.78, 5) is 5.91. The first-order chi connectivity index (χ1) is 10.2. The summed E-state index contributed by atoms with van der Waals surface area (Å²) in [6.45, 7) is 3.02. The molecule has 2 N–H and O–H groups in total. The zero-order valence-electron chi connectivity index (χ0n) is 12.0. The Labute approximate surface area is 137 Å². The molecule has 1 heterocycles. The number of aryl methyl sites for hydroxylation is 1. The number of aromatic amines is 1. The molecule has 108 valence electrons. The first-order valence-electron chi connectivity index (χ1n) is 6.86. The van der Waals surface area contributed by atoms with Crippen LogP contribution in [0.1, 0.15) is 11.1 Å². The predicted octanol–water partition coefficient (Wildman–Crippen LogP) is 5.11. The lowest BCUT2D eigenvalue weighted by atomic mass is 10.1. The summed E-state index contributed by atoms with van der Waals surface area (Å²) in [6.07, 6.45) is 2.09. The molecule has 4 heteroatoms. The predicted molar refractivity (Wildman–Crippen MR) is 94.1 cm³/mol. The Morgan fingerprint density at radius 2 is 2.00 bits per heavy atom. The fourth-order valence-corrected chi connectivity index (χ4v) is 3.81. The van der Waals surface area contributed by atoms with E-state index < -0.39 is 0 Å². The lowest BCUT2D eigenvalue weighted by molar-refractivity contribution is 0.802. The Kier molecular flexibility index (Phi) is 4.38. The van der Waals surface area contributed by atoms with E-state index in [-0.39, 0.29) is 0 Å². The van der Waals surface area contributed by atoms with Gasteiger partial charge in [0.1, 0.15) is 0 Å². The smallest absolute Gasteiger partial charge is 0.0477 e. The van der Waals surface area contributed by atoms with Crippen molar-refractivity contribution in [2.75, 3.05) is 7.05 Å². The van der Waals surface area contributed by atoms with Crippen molar-refractivity contribution in [2.45, 2.75) is 23.3 Å². The van der Waals surface area contributed by atoms with Crippen LogP contribution in [0.2, 0.25) is 0 Å². The van der Waals surface area contributed by atoms with Gasteiger partial charge in [-0.05, 0) is 37.7 Å². The van der Waals surface area contributed by atoms with Crippen molar-refractivity contribution in [2.24, 2.45) is 0 Å². The van der Waals surface area contributed by atoms with Crippen LogP contribution in [0.4, 0.5) is 0 Å². The Balaban J connectivity index is 1.98. The standard InChI is InChI=1S/C17H17BrN2S/c1-11-3-6-16(12(7-11)9-19-2)21-17-10-20-15-8-13(18)4-5-14(15)17/h3-8,10,19-20H,9H2,1-2H3.